The fourth-order valence-corrected chi connectivity index (χ4v) is 2.43. The minimum atomic E-state index is 0. The van der Waals surface area contributed by atoms with E-state index in [2.05, 4.69) is 17.3 Å². The molecule has 108 valence electrons. The molecule has 19 heavy (non-hydrogen) atoms. The quantitative estimate of drug-likeness (QED) is 0.868. The Balaban J connectivity index is 0.00000180. The molecule has 1 aromatic carbocycles. The molecule has 1 aliphatic rings. The molecule has 0 aliphatic carbocycles. The van der Waals surface area contributed by atoms with Gasteiger partial charge in [-0.1, -0.05) is 18.2 Å². The van der Waals surface area contributed by atoms with E-state index in [1.54, 1.807) is 0 Å². The second kappa shape index (κ2) is 9.18. The summed E-state index contributed by atoms with van der Waals surface area (Å²) in [6.45, 7) is 5.32. The van der Waals surface area contributed by atoms with Crippen LogP contribution in [0.1, 0.15) is 12.8 Å². The fourth-order valence-electron chi connectivity index (χ4n) is 2.43. The smallest absolute Gasteiger partial charge is 0.119 e. The molecule has 0 radical (unpaired) electrons. The summed E-state index contributed by atoms with van der Waals surface area (Å²) in [5.74, 6) is 1.82. The number of hydrogen-bond donors (Lipinski definition) is 1. The van der Waals surface area contributed by atoms with E-state index >= 15 is 0 Å². The Labute approximate surface area is 122 Å². The third-order valence-corrected chi connectivity index (χ3v) is 3.51. The molecule has 1 aliphatic heterocycles. The van der Waals surface area contributed by atoms with E-state index in [1.807, 2.05) is 30.3 Å². The molecule has 1 N–H and O–H groups in total. The van der Waals surface area contributed by atoms with Gasteiger partial charge in [-0.2, -0.15) is 0 Å². The lowest BCUT2D eigenvalue weighted by Crippen LogP contribution is -2.36. The van der Waals surface area contributed by atoms with Gasteiger partial charge in [-0.05, 0) is 51.0 Å². The topological polar surface area (TPSA) is 24.5 Å². The number of hydrogen-bond acceptors (Lipinski definition) is 3. The van der Waals surface area contributed by atoms with Crippen LogP contribution in [0.25, 0.3) is 0 Å². The monoisotopic (exact) mass is 284 g/mol. The Morgan fingerprint density at radius 1 is 1.21 bits per heavy atom. The Kier molecular flexibility index (Phi) is 7.87. The highest BCUT2D eigenvalue weighted by atomic mass is 35.5. The molecule has 0 atom stereocenters. The highest BCUT2D eigenvalue weighted by Crippen LogP contribution is 2.13. The van der Waals surface area contributed by atoms with E-state index in [-0.39, 0.29) is 12.4 Å². The molecule has 1 aromatic rings. The van der Waals surface area contributed by atoms with Gasteiger partial charge in [-0.3, -0.25) is 0 Å². The van der Waals surface area contributed by atoms with E-state index in [0.717, 1.165) is 24.8 Å². The van der Waals surface area contributed by atoms with Crippen molar-refractivity contribution >= 4 is 12.4 Å². The predicted octanol–water partition coefficient (Wildman–Crippen LogP) is 2.42. The van der Waals surface area contributed by atoms with Gasteiger partial charge in [-0.15, -0.1) is 12.4 Å². The number of benzene rings is 1. The van der Waals surface area contributed by atoms with Crippen LogP contribution in [0, 0.1) is 5.92 Å². The van der Waals surface area contributed by atoms with Gasteiger partial charge in [0.1, 0.15) is 12.4 Å². The van der Waals surface area contributed by atoms with Crippen molar-refractivity contribution in [2.24, 2.45) is 5.92 Å². The predicted molar refractivity (Wildman–Crippen MR) is 82.3 cm³/mol. The van der Waals surface area contributed by atoms with Crippen molar-refractivity contribution in [2.75, 3.05) is 39.8 Å². The molecule has 0 saturated carbocycles. The zero-order valence-electron chi connectivity index (χ0n) is 11.7. The van der Waals surface area contributed by atoms with E-state index in [4.69, 9.17) is 4.74 Å². The number of ether oxygens (including phenoxy) is 1. The average Bonchev–Trinajstić information content (AvgIpc) is 2.41. The molecule has 0 spiro atoms. The first kappa shape index (κ1) is 16.3. The molecular weight excluding hydrogens is 260 g/mol. The van der Waals surface area contributed by atoms with Crippen molar-refractivity contribution in [3.63, 3.8) is 0 Å². The van der Waals surface area contributed by atoms with Crippen LogP contribution in [0.15, 0.2) is 30.3 Å². The number of nitrogens with one attached hydrogen (secondary N) is 1. The maximum Gasteiger partial charge on any atom is 0.119 e. The first-order valence-electron chi connectivity index (χ1n) is 6.92. The summed E-state index contributed by atoms with van der Waals surface area (Å²) in [6, 6.07) is 10.0. The number of halogens is 1. The van der Waals surface area contributed by atoms with Crippen LogP contribution >= 0.6 is 12.4 Å². The Hall–Kier alpha value is -0.770. The molecule has 1 heterocycles. The van der Waals surface area contributed by atoms with Crippen LogP contribution in [-0.4, -0.2) is 44.7 Å². The van der Waals surface area contributed by atoms with Gasteiger partial charge in [0, 0.05) is 13.1 Å². The van der Waals surface area contributed by atoms with Gasteiger partial charge in [0.25, 0.3) is 0 Å². The van der Waals surface area contributed by atoms with E-state index < -0.39 is 0 Å². The lowest BCUT2D eigenvalue weighted by molar-refractivity contribution is 0.199. The van der Waals surface area contributed by atoms with Crippen molar-refractivity contribution in [3.8, 4) is 5.75 Å². The molecule has 0 bridgehead atoms. The number of piperidine rings is 1. The third kappa shape index (κ3) is 6.28. The molecule has 2 rings (SSSR count). The third-order valence-electron chi connectivity index (χ3n) is 3.51. The second-order valence-corrected chi connectivity index (χ2v) is 5.12. The maximum atomic E-state index is 5.71. The molecule has 4 heteroatoms. The van der Waals surface area contributed by atoms with E-state index in [1.165, 1.54) is 32.5 Å². The molecular formula is C15H25ClN2O. The standard InChI is InChI=1S/C15H24N2O.ClH/c1-17(13-14-7-9-16-10-8-14)11-12-18-15-5-3-2-4-6-15;/h2-6,14,16H,7-13H2,1H3;1H. The fraction of sp³-hybridized carbons (Fsp3) is 0.600. The molecule has 3 nitrogen and oxygen atoms in total. The number of rotatable bonds is 6. The lowest BCUT2D eigenvalue weighted by Gasteiger charge is -2.27. The highest BCUT2D eigenvalue weighted by Gasteiger charge is 2.14. The maximum absolute atomic E-state index is 5.71. The van der Waals surface area contributed by atoms with Crippen molar-refractivity contribution in [2.45, 2.75) is 12.8 Å². The summed E-state index contributed by atoms with van der Waals surface area (Å²) in [4.78, 5) is 2.39. The van der Waals surface area contributed by atoms with Gasteiger partial charge < -0.3 is 15.0 Å². The lowest BCUT2D eigenvalue weighted by atomic mass is 9.98. The van der Waals surface area contributed by atoms with Crippen LogP contribution in [0.5, 0.6) is 5.75 Å². The summed E-state index contributed by atoms with van der Waals surface area (Å²) < 4.78 is 5.71. The largest absolute Gasteiger partial charge is 0.492 e. The van der Waals surface area contributed by atoms with Crippen LogP contribution in [0.4, 0.5) is 0 Å². The SMILES string of the molecule is CN(CCOc1ccccc1)CC1CCNCC1.Cl. The van der Waals surface area contributed by atoms with Crippen LogP contribution in [0.3, 0.4) is 0 Å². The van der Waals surface area contributed by atoms with Gasteiger partial charge >= 0.3 is 0 Å². The molecule has 1 saturated heterocycles. The van der Waals surface area contributed by atoms with Gasteiger partial charge in [0.15, 0.2) is 0 Å². The van der Waals surface area contributed by atoms with E-state index in [0.29, 0.717) is 0 Å². The first-order chi connectivity index (χ1) is 8.84. The summed E-state index contributed by atoms with van der Waals surface area (Å²) >= 11 is 0. The normalized spacial score (nSPS) is 16.1. The van der Waals surface area contributed by atoms with Gasteiger partial charge in [0.05, 0.1) is 0 Å². The molecule has 1 fully saturated rings. The minimum absolute atomic E-state index is 0. The average molecular weight is 285 g/mol. The number of likely N-dealkylation sites (N-methyl/N-ethyl adjacent to an activating group) is 1. The number of nitrogens with zero attached hydrogens (tertiary/aromatic N) is 1. The molecule has 0 unspecified atom stereocenters. The van der Waals surface area contributed by atoms with Crippen molar-refractivity contribution in [1.29, 1.82) is 0 Å². The summed E-state index contributed by atoms with van der Waals surface area (Å²) in [6.07, 6.45) is 2.62. The zero-order chi connectivity index (χ0) is 12.6. The van der Waals surface area contributed by atoms with Crippen LogP contribution in [-0.2, 0) is 0 Å². The second-order valence-electron chi connectivity index (χ2n) is 5.12. The first-order valence-corrected chi connectivity index (χ1v) is 6.92. The molecule has 0 aromatic heterocycles. The Morgan fingerprint density at radius 2 is 1.89 bits per heavy atom. The van der Waals surface area contributed by atoms with Crippen molar-refractivity contribution in [1.82, 2.24) is 10.2 Å². The van der Waals surface area contributed by atoms with Crippen LogP contribution < -0.4 is 10.1 Å². The zero-order valence-corrected chi connectivity index (χ0v) is 12.5. The van der Waals surface area contributed by atoms with Gasteiger partial charge in [-0.25, -0.2) is 0 Å². The minimum Gasteiger partial charge on any atom is -0.492 e. The van der Waals surface area contributed by atoms with Crippen molar-refractivity contribution in [3.05, 3.63) is 30.3 Å². The summed E-state index contributed by atoms with van der Waals surface area (Å²) in [7, 11) is 2.19. The summed E-state index contributed by atoms with van der Waals surface area (Å²) in [5.41, 5.74) is 0. The van der Waals surface area contributed by atoms with Crippen molar-refractivity contribution < 1.29 is 4.74 Å². The Morgan fingerprint density at radius 3 is 2.58 bits per heavy atom. The van der Waals surface area contributed by atoms with E-state index in [9.17, 15) is 0 Å². The molecule has 0 amide bonds. The number of para-hydroxylation sites is 1. The van der Waals surface area contributed by atoms with Crippen LogP contribution in [0.2, 0.25) is 0 Å². The summed E-state index contributed by atoms with van der Waals surface area (Å²) in [5, 5.41) is 3.41. The Bertz CT molecular complexity index is 328. The highest BCUT2D eigenvalue weighted by molar-refractivity contribution is 5.85. The van der Waals surface area contributed by atoms with Gasteiger partial charge in [0.2, 0.25) is 0 Å².